The summed E-state index contributed by atoms with van der Waals surface area (Å²) in [4.78, 5) is 12.2. The number of carbonyl (C=O) groups is 1. The van der Waals surface area contributed by atoms with E-state index in [0.29, 0.717) is 6.61 Å². The second-order valence-corrected chi connectivity index (χ2v) is 13.9. The lowest BCUT2D eigenvalue weighted by atomic mass is 9.95. The molecule has 4 unspecified atom stereocenters. The first-order valence-corrected chi connectivity index (χ1v) is 12.5. The van der Waals surface area contributed by atoms with Gasteiger partial charge < -0.3 is 13.9 Å². The molecule has 1 heterocycles. The van der Waals surface area contributed by atoms with Crippen LogP contribution in [0.1, 0.15) is 63.3 Å². The van der Waals surface area contributed by atoms with Gasteiger partial charge in [0.05, 0.1) is 12.7 Å². The normalized spacial score (nSPS) is 25.2. The summed E-state index contributed by atoms with van der Waals surface area (Å²) in [6.45, 7) is 17.7. The van der Waals surface area contributed by atoms with Gasteiger partial charge in [0.2, 0.25) is 0 Å². The van der Waals surface area contributed by atoms with Gasteiger partial charge in [-0.3, -0.25) is 4.79 Å². The molecule has 1 aromatic rings. The second-order valence-electron chi connectivity index (χ2n) is 9.12. The van der Waals surface area contributed by atoms with E-state index in [9.17, 15) is 4.79 Å². The number of hydrogen-bond donors (Lipinski definition) is 0. The van der Waals surface area contributed by atoms with Crippen LogP contribution in [0.15, 0.2) is 12.1 Å². The standard InChI is InChI=1S/C21H32O4Si/c1-9-23-20(22)17-16-15-14(11-10-12(2)18(15)24-19(16)17)13(3)25-26(7,8)21(4,5)6/h10-11,13,16-17,19H,9H2,1-8H3. The number of esters is 1. The molecule has 0 amide bonds. The lowest BCUT2D eigenvalue weighted by Crippen LogP contribution is -2.41. The van der Waals surface area contributed by atoms with Crippen molar-refractivity contribution >= 4 is 14.3 Å². The molecule has 0 aromatic heterocycles. The number of fused-ring (bicyclic) bond motifs is 3. The molecule has 0 radical (unpaired) electrons. The maximum atomic E-state index is 12.2. The quantitative estimate of drug-likeness (QED) is 0.529. The monoisotopic (exact) mass is 376 g/mol. The predicted octanol–water partition coefficient (Wildman–Crippen LogP) is 5.12. The van der Waals surface area contributed by atoms with E-state index in [2.05, 4.69) is 59.8 Å². The van der Waals surface area contributed by atoms with Crippen LogP contribution in [-0.2, 0) is 14.0 Å². The van der Waals surface area contributed by atoms with Gasteiger partial charge in [-0.2, -0.15) is 0 Å². The molecule has 0 bridgehead atoms. The first-order valence-electron chi connectivity index (χ1n) is 9.64. The average Bonchev–Trinajstić information content (AvgIpc) is 3.09. The third kappa shape index (κ3) is 3.09. The molecular weight excluding hydrogens is 344 g/mol. The number of benzene rings is 1. The second kappa shape index (κ2) is 6.38. The first kappa shape index (κ1) is 19.4. The van der Waals surface area contributed by atoms with E-state index >= 15 is 0 Å². The molecule has 3 rings (SSSR count). The highest BCUT2D eigenvalue weighted by Gasteiger charge is 2.64. The highest BCUT2D eigenvalue weighted by molar-refractivity contribution is 6.74. The molecule has 4 nitrogen and oxygen atoms in total. The largest absolute Gasteiger partial charge is 0.488 e. The van der Waals surface area contributed by atoms with Gasteiger partial charge in [-0.1, -0.05) is 32.9 Å². The van der Waals surface area contributed by atoms with Crippen LogP contribution in [0.25, 0.3) is 0 Å². The zero-order chi connectivity index (χ0) is 19.4. The maximum Gasteiger partial charge on any atom is 0.313 e. The number of carbonyl (C=O) groups excluding carboxylic acids is 1. The molecule has 1 aliphatic heterocycles. The fourth-order valence-corrected chi connectivity index (χ4v) is 5.05. The predicted molar refractivity (Wildman–Crippen MR) is 105 cm³/mol. The topological polar surface area (TPSA) is 44.8 Å². The van der Waals surface area contributed by atoms with Gasteiger partial charge >= 0.3 is 5.97 Å². The summed E-state index contributed by atoms with van der Waals surface area (Å²) in [7, 11) is -1.89. The Kier molecular flexibility index (Phi) is 4.77. The summed E-state index contributed by atoms with van der Waals surface area (Å²) in [6, 6.07) is 4.25. The first-order chi connectivity index (χ1) is 12.0. The van der Waals surface area contributed by atoms with Crippen LogP contribution in [0, 0.1) is 12.8 Å². The summed E-state index contributed by atoms with van der Waals surface area (Å²) in [5.74, 6) is 0.759. The lowest BCUT2D eigenvalue weighted by Gasteiger charge is -2.39. The van der Waals surface area contributed by atoms with E-state index in [-0.39, 0.29) is 35.1 Å². The van der Waals surface area contributed by atoms with Crippen molar-refractivity contribution in [2.24, 2.45) is 5.92 Å². The summed E-state index contributed by atoms with van der Waals surface area (Å²) >= 11 is 0. The molecule has 1 aromatic carbocycles. The number of ether oxygens (including phenoxy) is 2. The van der Waals surface area contributed by atoms with E-state index in [1.165, 1.54) is 5.56 Å². The van der Waals surface area contributed by atoms with Gasteiger partial charge in [-0.15, -0.1) is 0 Å². The average molecular weight is 377 g/mol. The van der Waals surface area contributed by atoms with Crippen LogP contribution in [0.4, 0.5) is 0 Å². The lowest BCUT2D eigenvalue weighted by molar-refractivity contribution is -0.145. The van der Waals surface area contributed by atoms with Crippen molar-refractivity contribution in [2.45, 2.75) is 77.8 Å². The summed E-state index contributed by atoms with van der Waals surface area (Å²) in [5.41, 5.74) is 3.45. The minimum Gasteiger partial charge on any atom is -0.488 e. The molecule has 0 N–H and O–H groups in total. The highest BCUT2D eigenvalue weighted by atomic mass is 28.4. The van der Waals surface area contributed by atoms with Crippen LogP contribution >= 0.6 is 0 Å². The zero-order valence-corrected chi connectivity index (χ0v) is 18.3. The summed E-state index contributed by atoms with van der Waals surface area (Å²) in [5, 5.41) is 0.154. The molecule has 2 aliphatic rings. The number of rotatable bonds is 5. The molecule has 5 heteroatoms. The smallest absolute Gasteiger partial charge is 0.313 e. The summed E-state index contributed by atoms with van der Waals surface area (Å²) in [6.07, 6.45) is -0.0833. The molecule has 144 valence electrons. The molecule has 1 saturated carbocycles. The van der Waals surface area contributed by atoms with Crippen LogP contribution < -0.4 is 4.74 Å². The minimum atomic E-state index is -1.89. The Morgan fingerprint density at radius 2 is 1.96 bits per heavy atom. The van der Waals surface area contributed by atoms with E-state index in [1.54, 1.807) is 0 Å². The molecule has 0 spiro atoms. The van der Waals surface area contributed by atoms with Gasteiger partial charge in [0, 0.05) is 11.5 Å². The van der Waals surface area contributed by atoms with E-state index < -0.39 is 8.32 Å². The van der Waals surface area contributed by atoms with Crippen LogP contribution in [0.2, 0.25) is 18.1 Å². The highest BCUT2D eigenvalue weighted by Crippen LogP contribution is 2.61. The van der Waals surface area contributed by atoms with E-state index in [0.717, 1.165) is 16.9 Å². The Morgan fingerprint density at radius 1 is 1.31 bits per heavy atom. The van der Waals surface area contributed by atoms with Crippen molar-refractivity contribution < 1.29 is 18.7 Å². The van der Waals surface area contributed by atoms with E-state index in [4.69, 9.17) is 13.9 Å². The van der Waals surface area contributed by atoms with Gasteiger partial charge in [-0.25, -0.2) is 0 Å². The van der Waals surface area contributed by atoms with E-state index in [1.807, 2.05) is 6.92 Å². The third-order valence-corrected chi connectivity index (χ3v) is 10.8. The Bertz CT molecular complexity index is 719. The van der Waals surface area contributed by atoms with Crippen molar-refractivity contribution in [3.63, 3.8) is 0 Å². The van der Waals surface area contributed by atoms with Crippen molar-refractivity contribution in [1.29, 1.82) is 0 Å². The Hall–Kier alpha value is -1.33. The molecule has 1 aliphatic carbocycles. The molecular formula is C21H32O4Si. The minimum absolute atomic E-state index is 0.0176. The summed E-state index contributed by atoms with van der Waals surface area (Å²) < 4.78 is 18.0. The van der Waals surface area contributed by atoms with Gasteiger partial charge in [-0.05, 0) is 50.0 Å². The zero-order valence-electron chi connectivity index (χ0n) is 17.3. The molecule has 26 heavy (non-hydrogen) atoms. The fourth-order valence-electron chi connectivity index (χ4n) is 3.69. The molecule has 4 atom stereocenters. The van der Waals surface area contributed by atoms with Crippen molar-refractivity contribution in [2.75, 3.05) is 6.61 Å². The molecule has 1 fully saturated rings. The van der Waals surface area contributed by atoms with Gasteiger partial charge in [0.25, 0.3) is 0 Å². The van der Waals surface area contributed by atoms with Gasteiger partial charge in [0.15, 0.2) is 8.32 Å². The number of hydrogen-bond acceptors (Lipinski definition) is 4. The van der Waals surface area contributed by atoms with Crippen LogP contribution in [0.3, 0.4) is 0 Å². The Morgan fingerprint density at radius 3 is 2.54 bits per heavy atom. The van der Waals surface area contributed by atoms with Gasteiger partial charge in [0.1, 0.15) is 17.8 Å². The third-order valence-electron chi connectivity index (χ3n) is 6.24. The van der Waals surface area contributed by atoms with Crippen molar-refractivity contribution in [3.05, 3.63) is 28.8 Å². The Labute approximate surface area is 158 Å². The van der Waals surface area contributed by atoms with Crippen LogP contribution in [-0.4, -0.2) is 27.0 Å². The SMILES string of the molecule is CCOC(=O)C1C2Oc3c(C)ccc(C(C)O[Si](C)(C)C(C)(C)C)c3C21. The number of aryl methyl sites for hydroxylation is 1. The van der Waals surface area contributed by atoms with Crippen LogP contribution in [0.5, 0.6) is 5.75 Å². The van der Waals surface area contributed by atoms with Crippen molar-refractivity contribution in [1.82, 2.24) is 0 Å². The molecule has 0 saturated heterocycles. The fraction of sp³-hybridized carbons (Fsp3) is 0.667. The Balaban J connectivity index is 1.90. The van der Waals surface area contributed by atoms with Crippen molar-refractivity contribution in [3.8, 4) is 5.75 Å². The maximum absolute atomic E-state index is 12.2.